The van der Waals surface area contributed by atoms with Crippen LogP contribution in [0.25, 0.3) is 0 Å². The second-order valence-electron chi connectivity index (χ2n) is 4.61. The monoisotopic (exact) mass is 270 g/mol. The van der Waals surface area contributed by atoms with Gasteiger partial charge in [-0.1, -0.05) is 36.7 Å². The second-order valence-corrected chi connectivity index (χ2v) is 7.97. The predicted molar refractivity (Wildman–Crippen MR) is 61.1 cm³/mol. The first-order valence-electron chi connectivity index (χ1n) is 4.45. The molecule has 0 aromatic heterocycles. The van der Waals surface area contributed by atoms with E-state index in [0.717, 1.165) is 12.8 Å². The van der Waals surface area contributed by atoms with E-state index in [1.54, 1.807) is 0 Å². The lowest BCUT2D eigenvalue weighted by Gasteiger charge is -2.25. The molecule has 0 aromatic carbocycles. The first-order valence-corrected chi connectivity index (χ1v) is 7.42. The average Bonchev–Trinajstić information content (AvgIpc) is 1.82. The highest BCUT2D eigenvalue weighted by molar-refractivity contribution is 9.09. The molecule has 1 unspecified atom stereocenters. The lowest BCUT2D eigenvalue weighted by Crippen LogP contribution is -2.20. The first kappa shape index (κ1) is 13.4. The van der Waals surface area contributed by atoms with Gasteiger partial charge in [-0.2, -0.15) is 0 Å². The number of rotatable bonds is 4. The van der Waals surface area contributed by atoms with Gasteiger partial charge in [0.1, 0.15) is 9.84 Å². The van der Waals surface area contributed by atoms with Gasteiger partial charge in [0.25, 0.3) is 0 Å². The van der Waals surface area contributed by atoms with Crippen molar-refractivity contribution in [1.29, 1.82) is 0 Å². The van der Waals surface area contributed by atoms with Crippen molar-refractivity contribution < 1.29 is 8.42 Å². The Morgan fingerprint density at radius 2 is 1.77 bits per heavy atom. The van der Waals surface area contributed by atoms with Crippen molar-refractivity contribution in [3.8, 4) is 0 Å². The maximum absolute atomic E-state index is 10.8. The van der Waals surface area contributed by atoms with Gasteiger partial charge in [-0.15, -0.1) is 0 Å². The zero-order valence-corrected chi connectivity index (χ0v) is 11.2. The smallest absolute Gasteiger partial charge is 0.147 e. The van der Waals surface area contributed by atoms with Crippen LogP contribution in [0.3, 0.4) is 0 Å². The molecule has 0 saturated carbocycles. The minimum Gasteiger partial charge on any atom is -0.229 e. The summed E-state index contributed by atoms with van der Waals surface area (Å²) in [5.41, 5.74) is 0.206. The summed E-state index contributed by atoms with van der Waals surface area (Å²) in [5.74, 6) is 0.297. The molecule has 0 aliphatic carbocycles. The van der Waals surface area contributed by atoms with Crippen LogP contribution < -0.4 is 0 Å². The maximum Gasteiger partial charge on any atom is 0.147 e. The van der Waals surface area contributed by atoms with Crippen LogP contribution in [-0.4, -0.2) is 25.3 Å². The molecular formula is C9H19BrO2S. The number of halogens is 1. The van der Waals surface area contributed by atoms with Gasteiger partial charge in [0.05, 0.1) is 0 Å². The summed E-state index contributed by atoms with van der Waals surface area (Å²) in [6.45, 7) is 6.44. The van der Waals surface area contributed by atoms with E-state index in [-0.39, 0.29) is 5.41 Å². The molecule has 0 bridgehead atoms. The average molecular weight is 271 g/mol. The SMILES string of the molecule is CC(C)(C)C(Br)CCCS(C)(=O)=O. The molecule has 1 atom stereocenters. The van der Waals surface area contributed by atoms with Crippen molar-refractivity contribution in [1.82, 2.24) is 0 Å². The van der Waals surface area contributed by atoms with Crippen LogP contribution in [0.4, 0.5) is 0 Å². The summed E-state index contributed by atoms with van der Waals surface area (Å²) in [4.78, 5) is 0.391. The van der Waals surface area contributed by atoms with Crippen molar-refractivity contribution in [2.45, 2.75) is 38.4 Å². The Hall–Kier alpha value is 0.430. The van der Waals surface area contributed by atoms with Gasteiger partial charge in [0.15, 0.2) is 0 Å². The Bertz CT molecular complexity index is 239. The molecule has 4 heteroatoms. The Kier molecular flexibility index (Phi) is 4.94. The fourth-order valence-electron chi connectivity index (χ4n) is 0.958. The predicted octanol–water partition coefficient (Wildman–Crippen LogP) is 2.62. The minimum absolute atomic E-state index is 0.206. The summed E-state index contributed by atoms with van der Waals surface area (Å²) in [6.07, 6.45) is 2.94. The van der Waals surface area contributed by atoms with Crippen molar-refractivity contribution in [2.75, 3.05) is 12.0 Å². The Balaban J connectivity index is 3.80. The molecule has 0 rings (SSSR count). The molecule has 0 heterocycles. The molecule has 0 aromatic rings. The zero-order chi connectivity index (χ0) is 10.7. The third-order valence-electron chi connectivity index (χ3n) is 1.91. The van der Waals surface area contributed by atoms with E-state index in [1.807, 2.05) is 0 Å². The summed E-state index contributed by atoms with van der Waals surface area (Å²) in [7, 11) is -2.79. The first-order chi connectivity index (χ1) is 5.63. The quantitative estimate of drug-likeness (QED) is 0.736. The molecular weight excluding hydrogens is 252 g/mol. The van der Waals surface area contributed by atoms with Crippen molar-refractivity contribution in [3.63, 3.8) is 0 Å². The number of hydrogen-bond acceptors (Lipinski definition) is 2. The van der Waals surface area contributed by atoms with Gasteiger partial charge in [0, 0.05) is 16.8 Å². The molecule has 0 radical (unpaired) electrons. The molecule has 0 fully saturated rings. The fourth-order valence-corrected chi connectivity index (χ4v) is 1.97. The van der Waals surface area contributed by atoms with E-state index in [0.29, 0.717) is 10.6 Å². The minimum atomic E-state index is -2.79. The largest absolute Gasteiger partial charge is 0.229 e. The van der Waals surface area contributed by atoms with Gasteiger partial charge in [-0.25, -0.2) is 8.42 Å². The zero-order valence-electron chi connectivity index (χ0n) is 8.80. The number of alkyl halides is 1. The van der Waals surface area contributed by atoms with E-state index in [1.165, 1.54) is 6.26 Å². The van der Waals surface area contributed by atoms with Crippen LogP contribution in [0, 0.1) is 5.41 Å². The lowest BCUT2D eigenvalue weighted by atomic mass is 9.90. The van der Waals surface area contributed by atoms with Gasteiger partial charge >= 0.3 is 0 Å². The highest BCUT2D eigenvalue weighted by atomic mass is 79.9. The molecule has 0 N–H and O–H groups in total. The Morgan fingerprint density at radius 1 is 1.31 bits per heavy atom. The highest BCUT2D eigenvalue weighted by Crippen LogP contribution is 2.29. The van der Waals surface area contributed by atoms with Crippen molar-refractivity contribution >= 4 is 25.8 Å². The van der Waals surface area contributed by atoms with Gasteiger partial charge < -0.3 is 0 Å². The van der Waals surface area contributed by atoms with Crippen LogP contribution in [-0.2, 0) is 9.84 Å². The van der Waals surface area contributed by atoms with E-state index in [4.69, 9.17) is 0 Å². The Morgan fingerprint density at radius 3 is 2.08 bits per heavy atom. The van der Waals surface area contributed by atoms with Gasteiger partial charge in [0.2, 0.25) is 0 Å². The standard InChI is InChI=1S/C9H19BrO2S/c1-9(2,3)8(10)6-5-7-13(4,11)12/h8H,5-7H2,1-4H3. The van der Waals surface area contributed by atoms with E-state index >= 15 is 0 Å². The normalized spacial score (nSPS) is 15.8. The molecule has 0 saturated heterocycles. The summed E-state index contributed by atoms with van der Waals surface area (Å²) in [6, 6.07) is 0. The third-order valence-corrected chi connectivity index (χ3v) is 4.77. The fraction of sp³-hybridized carbons (Fsp3) is 1.00. The molecule has 13 heavy (non-hydrogen) atoms. The van der Waals surface area contributed by atoms with E-state index < -0.39 is 9.84 Å². The van der Waals surface area contributed by atoms with Gasteiger partial charge in [-0.3, -0.25) is 0 Å². The molecule has 0 aliphatic heterocycles. The summed E-state index contributed by atoms with van der Waals surface area (Å²) in [5, 5.41) is 0. The molecule has 0 amide bonds. The van der Waals surface area contributed by atoms with Crippen LogP contribution in [0.15, 0.2) is 0 Å². The molecule has 0 aliphatic rings. The van der Waals surface area contributed by atoms with Crippen LogP contribution in [0.5, 0.6) is 0 Å². The topological polar surface area (TPSA) is 34.1 Å². The lowest BCUT2D eigenvalue weighted by molar-refractivity contribution is 0.383. The number of sulfone groups is 1. The summed E-state index contributed by atoms with van der Waals surface area (Å²) < 4.78 is 21.7. The van der Waals surface area contributed by atoms with Crippen molar-refractivity contribution in [2.24, 2.45) is 5.41 Å². The maximum atomic E-state index is 10.8. The second kappa shape index (κ2) is 4.78. The van der Waals surface area contributed by atoms with E-state index in [2.05, 4.69) is 36.7 Å². The van der Waals surface area contributed by atoms with Crippen LogP contribution in [0.2, 0.25) is 0 Å². The molecule has 2 nitrogen and oxygen atoms in total. The number of hydrogen-bond donors (Lipinski definition) is 0. The summed E-state index contributed by atoms with van der Waals surface area (Å²) >= 11 is 3.57. The highest BCUT2D eigenvalue weighted by Gasteiger charge is 2.21. The van der Waals surface area contributed by atoms with Gasteiger partial charge in [-0.05, 0) is 18.3 Å². The molecule has 80 valence electrons. The van der Waals surface area contributed by atoms with E-state index in [9.17, 15) is 8.42 Å². The van der Waals surface area contributed by atoms with Crippen LogP contribution >= 0.6 is 15.9 Å². The van der Waals surface area contributed by atoms with Crippen LogP contribution in [0.1, 0.15) is 33.6 Å². The third kappa shape index (κ3) is 7.50. The van der Waals surface area contributed by atoms with Crippen molar-refractivity contribution in [3.05, 3.63) is 0 Å². The molecule has 0 spiro atoms. The Labute approximate surface area is 90.2 Å².